The number of benzene rings is 1. The third-order valence-electron chi connectivity index (χ3n) is 3.93. The molecule has 1 atom stereocenters. The van der Waals surface area contributed by atoms with Gasteiger partial charge in [0.2, 0.25) is 0 Å². The number of carbonyl (C=O) groups excluding carboxylic acids is 1. The molecule has 4 heteroatoms. The van der Waals surface area contributed by atoms with Gasteiger partial charge in [-0.3, -0.25) is 4.79 Å². The lowest BCUT2D eigenvalue weighted by molar-refractivity contribution is -0.118. The van der Waals surface area contributed by atoms with E-state index in [1.54, 1.807) is 18.2 Å². The van der Waals surface area contributed by atoms with Crippen molar-refractivity contribution in [2.45, 2.75) is 39.5 Å². The predicted molar refractivity (Wildman–Crippen MR) is 82.9 cm³/mol. The first-order valence-electron chi connectivity index (χ1n) is 7.52. The van der Waals surface area contributed by atoms with E-state index in [1.807, 2.05) is 0 Å². The lowest BCUT2D eigenvalue weighted by Crippen LogP contribution is -2.16. The summed E-state index contributed by atoms with van der Waals surface area (Å²) in [6.45, 7) is 4.93. The van der Waals surface area contributed by atoms with Crippen molar-refractivity contribution in [1.82, 2.24) is 0 Å². The van der Waals surface area contributed by atoms with Crippen molar-refractivity contribution in [3.63, 3.8) is 0 Å². The van der Waals surface area contributed by atoms with Crippen LogP contribution in [0.2, 0.25) is 0 Å². The lowest BCUT2D eigenvalue weighted by Gasteiger charge is -2.19. The average Bonchev–Trinajstić information content (AvgIpc) is 2.45. The van der Waals surface area contributed by atoms with Gasteiger partial charge in [-0.05, 0) is 42.9 Å². The van der Waals surface area contributed by atoms with Crippen molar-refractivity contribution >= 4 is 5.78 Å². The quantitative estimate of drug-likeness (QED) is 0.760. The number of rotatable bonds is 9. The molecule has 0 radical (unpaired) electrons. The zero-order valence-corrected chi connectivity index (χ0v) is 13.2. The van der Waals surface area contributed by atoms with Gasteiger partial charge in [0, 0.05) is 12.8 Å². The number of methoxy groups -OCH3 is 1. The predicted octanol–water partition coefficient (Wildman–Crippen LogP) is 3.35. The van der Waals surface area contributed by atoms with Crippen LogP contribution in [0.15, 0.2) is 18.2 Å². The van der Waals surface area contributed by atoms with Gasteiger partial charge in [0.1, 0.15) is 5.78 Å². The molecule has 0 saturated heterocycles. The number of Topliss-reactive ketones (excluding diaryl/α,β-unsaturated/α-hetero) is 1. The van der Waals surface area contributed by atoms with Crippen LogP contribution in [0.25, 0.3) is 0 Å². The van der Waals surface area contributed by atoms with Gasteiger partial charge in [0.05, 0.1) is 7.11 Å². The highest BCUT2D eigenvalue weighted by atomic mass is 19.1. The molecule has 1 unspecified atom stereocenters. The molecule has 0 amide bonds. The molecule has 0 aromatic heterocycles. The summed E-state index contributed by atoms with van der Waals surface area (Å²) in [7, 11) is 1.42. The number of hydrogen-bond donors (Lipinski definition) is 1. The summed E-state index contributed by atoms with van der Waals surface area (Å²) < 4.78 is 18.9. The minimum absolute atomic E-state index is 0.0600. The molecule has 118 valence electrons. The van der Waals surface area contributed by atoms with Gasteiger partial charge in [0.15, 0.2) is 11.6 Å². The van der Waals surface area contributed by atoms with E-state index in [9.17, 15) is 9.18 Å². The standard InChI is InChI=1S/C17H26FNO2/c1-12(2)13(9-10-19)7-8-15(20)11-14-5-4-6-16(21-3)17(14)18/h4-6,12-13H,7-11,19H2,1-3H3. The number of carbonyl (C=O) groups is 1. The van der Waals surface area contributed by atoms with Crippen LogP contribution in [0.3, 0.4) is 0 Å². The number of hydrogen-bond acceptors (Lipinski definition) is 3. The Morgan fingerprint density at radius 2 is 2.05 bits per heavy atom. The Labute approximate surface area is 126 Å². The Morgan fingerprint density at radius 1 is 1.33 bits per heavy atom. The highest BCUT2D eigenvalue weighted by Gasteiger charge is 2.16. The molecular formula is C17H26FNO2. The maximum Gasteiger partial charge on any atom is 0.168 e. The van der Waals surface area contributed by atoms with Gasteiger partial charge >= 0.3 is 0 Å². The molecule has 1 rings (SSSR count). The van der Waals surface area contributed by atoms with Crippen LogP contribution in [0.5, 0.6) is 5.75 Å². The van der Waals surface area contributed by atoms with Crippen molar-refractivity contribution in [2.75, 3.05) is 13.7 Å². The average molecular weight is 295 g/mol. The fourth-order valence-electron chi connectivity index (χ4n) is 2.52. The van der Waals surface area contributed by atoms with Crippen LogP contribution in [0, 0.1) is 17.7 Å². The van der Waals surface area contributed by atoms with E-state index in [0.29, 0.717) is 30.4 Å². The largest absolute Gasteiger partial charge is 0.494 e. The zero-order chi connectivity index (χ0) is 15.8. The molecule has 0 saturated carbocycles. The SMILES string of the molecule is COc1cccc(CC(=O)CCC(CCN)C(C)C)c1F. The summed E-state index contributed by atoms with van der Waals surface area (Å²) >= 11 is 0. The molecule has 0 spiro atoms. The summed E-state index contributed by atoms with van der Waals surface area (Å²) in [6, 6.07) is 4.89. The number of ketones is 1. The molecule has 1 aromatic carbocycles. The minimum Gasteiger partial charge on any atom is -0.494 e. The highest BCUT2D eigenvalue weighted by Crippen LogP contribution is 2.23. The minimum atomic E-state index is -0.435. The van der Waals surface area contributed by atoms with Crippen molar-refractivity contribution in [2.24, 2.45) is 17.6 Å². The summed E-state index contributed by atoms with van der Waals surface area (Å²) in [6.07, 6.45) is 2.34. The second-order valence-electron chi connectivity index (χ2n) is 5.77. The number of ether oxygens (including phenoxy) is 1. The summed E-state index contributed by atoms with van der Waals surface area (Å²) in [5, 5.41) is 0. The summed E-state index contributed by atoms with van der Waals surface area (Å²) in [5.41, 5.74) is 6.00. The van der Waals surface area contributed by atoms with E-state index in [1.165, 1.54) is 7.11 Å². The first kappa shape index (κ1) is 17.6. The summed E-state index contributed by atoms with van der Waals surface area (Å²) in [4.78, 5) is 12.1. The number of nitrogens with two attached hydrogens (primary N) is 1. The molecular weight excluding hydrogens is 269 g/mol. The molecule has 2 N–H and O–H groups in total. The summed E-state index contributed by atoms with van der Waals surface area (Å²) in [5.74, 6) is 0.771. The first-order valence-corrected chi connectivity index (χ1v) is 7.52. The van der Waals surface area contributed by atoms with Crippen LogP contribution in [-0.4, -0.2) is 19.4 Å². The fraction of sp³-hybridized carbons (Fsp3) is 0.588. The third-order valence-corrected chi connectivity index (χ3v) is 3.93. The van der Waals surface area contributed by atoms with Gasteiger partial charge in [-0.1, -0.05) is 26.0 Å². The van der Waals surface area contributed by atoms with Crippen LogP contribution in [0.4, 0.5) is 4.39 Å². The normalized spacial score (nSPS) is 12.5. The van der Waals surface area contributed by atoms with Crippen LogP contribution < -0.4 is 10.5 Å². The van der Waals surface area contributed by atoms with Gasteiger partial charge in [-0.15, -0.1) is 0 Å². The van der Waals surface area contributed by atoms with Crippen LogP contribution >= 0.6 is 0 Å². The zero-order valence-electron chi connectivity index (χ0n) is 13.2. The fourth-order valence-corrected chi connectivity index (χ4v) is 2.52. The van der Waals surface area contributed by atoms with Gasteiger partial charge in [0.25, 0.3) is 0 Å². The molecule has 0 heterocycles. The third kappa shape index (κ3) is 5.46. The Morgan fingerprint density at radius 3 is 2.62 bits per heavy atom. The molecule has 21 heavy (non-hydrogen) atoms. The van der Waals surface area contributed by atoms with Crippen molar-refractivity contribution < 1.29 is 13.9 Å². The molecule has 0 aliphatic carbocycles. The number of halogens is 1. The van der Waals surface area contributed by atoms with Crippen molar-refractivity contribution in [1.29, 1.82) is 0 Å². The van der Waals surface area contributed by atoms with E-state index in [2.05, 4.69) is 13.8 Å². The Kier molecular flexibility index (Phi) is 7.37. The molecule has 0 fully saturated rings. The van der Waals surface area contributed by atoms with Gasteiger partial charge in [-0.2, -0.15) is 0 Å². The van der Waals surface area contributed by atoms with Gasteiger partial charge < -0.3 is 10.5 Å². The lowest BCUT2D eigenvalue weighted by atomic mass is 9.87. The van der Waals surface area contributed by atoms with E-state index < -0.39 is 5.82 Å². The monoisotopic (exact) mass is 295 g/mol. The Balaban J connectivity index is 2.58. The molecule has 1 aromatic rings. The molecule has 0 aliphatic heterocycles. The van der Waals surface area contributed by atoms with E-state index in [4.69, 9.17) is 10.5 Å². The van der Waals surface area contributed by atoms with E-state index in [-0.39, 0.29) is 18.0 Å². The van der Waals surface area contributed by atoms with Crippen LogP contribution in [-0.2, 0) is 11.2 Å². The molecule has 0 aliphatic rings. The highest BCUT2D eigenvalue weighted by molar-refractivity contribution is 5.81. The van der Waals surface area contributed by atoms with Gasteiger partial charge in [-0.25, -0.2) is 4.39 Å². The maximum absolute atomic E-state index is 14.0. The maximum atomic E-state index is 14.0. The van der Waals surface area contributed by atoms with Crippen molar-refractivity contribution in [3.8, 4) is 5.75 Å². The Bertz CT molecular complexity index is 460. The second-order valence-corrected chi connectivity index (χ2v) is 5.77. The molecule has 0 bridgehead atoms. The van der Waals surface area contributed by atoms with E-state index in [0.717, 1.165) is 12.8 Å². The van der Waals surface area contributed by atoms with Crippen LogP contribution in [0.1, 0.15) is 38.7 Å². The Hall–Kier alpha value is -1.42. The van der Waals surface area contributed by atoms with E-state index >= 15 is 0 Å². The first-order chi connectivity index (χ1) is 9.99. The van der Waals surface area contributed by atoms with Crippen molar-refractivity contribution in [3.05, 3.63) is 29.6 Å². The molecule has 3 nitrogen and oxygen atoms in total. The smallest absolute Gasteiger partial charge is 0.168 e. The second kappa shape index (κ2) is 8.78. The topological polar surface area (TPSA) is 52.3 Å².